The maximum absolute atomic E-state index is 14.5. The van der Waals surface area contributed by atoms with E-state index in [0.717, 1.165) is 92.4 Å². The van der Waals surface area contributed by atoms with E-state index in [1.807, 2.05) is 74.6 Å². The van der Waals surface area contributed by atoms with E-state index in [4.69, 9.17) is 9.40 Å². The second kappa shape index (κ2) is 28.0. The van der Waals surface area contributed by atoms with E-state index in [1.54, 1.807) is 6.26 Å². The summed E-state index contributed by atoms with van der Waals surface area (Å²) < 4.78 is 5.91. The molecule has 8 heteroatoms. The molecule has 2 saturated carbocycles. The molecule has 1 aromatic carbocycles. The summed E-state index contributed by atoms with van der Waals surface area (Å²) in [6.07, 6.45) is 26.7. The molecule has 2 fully saturated rings. The molecular weight excluding hydrogens is 741 g/mol. The molecule has 0 unspecified atom stereocenters. The van der Waals surface area contributed by atoms with Crippen molar-refractivity contribution in [2.24, 2.45) is 5.92 Å². The summed E-state index contributed by atoms with van der Waals surface area (Å²) in [5.74, 6) is 2.32. The zero-order chi connectivity index (χ0) is 43.7. The number of benzene rings is 1. The highest BCUT2D eigenvalue weighted by Gasteiger charge is 2.29. The lowest BCUT2D eigenvalue weighted by molar-refractivity contribution is -0.126. The number of nitrogens with one attached hydrogen (secondary N) is 2. The van der Waals surface area contributed by atoms with Crippen LogP contribution in [0.15, 0.2) is 106 Å². The zero-order valence-corrected chi connectivity index (χ0v) is 38.8. The molecule has 2 aliphatic carbocycles. The molecule has 8 nitrogen and oxygen atoms in total. The molecule has 3 aromatic rings. The number of oxazole rings is 1. The lowest BCUT2D eigenvalue weighted by Gasteiger charge is -2.37. The van der Waals surface area contributed by atoms with Gasteiger partial charge in [0.2, 0.25) is 5.89 Å². The van der Waals surface area contributed by atoms with Crippen LogP contribution in [0.25, 0.3) is 23.2 Å². The first-order valence-corrected chi connectivity index (χ1v) is 23.0. The van der Waals surface area contributed by atoms with Crippen molar-refractivity contribution in [1.82, 2.24) is 30.4 Å². The number of aryl methyl sites for hydroxylation is 1. The minimum Gasteiger partial charge on any atom is -0.444 e. The van der Waals surface area contributed by atoms with Gasteiger partial charge in [0.05, 0.1) is 5.70 Å². The summed E-state index contributed by atoms with van der Waals surface area (Å²) in [7, 11) is 1.97. The number of allylic oxidation sites excluding steroid dienone is 3. The van der Waals surface area contributed by atoms with Crippen molar-refractivity contribution in [3.05, 3.63) is 119 Å². The number of aromatic nitrogens is 2. The maximum atomic E-state index is 14.5. The Balaban J connectivity index is 0.000000419. The number of carbonyl (C=O) groups is 1. The van der Waals surface area contributed by atoms with Crippen molar-refractivity contribution in [2.45, 2.75) is 139 Å². The number of hydrogen-bond acceptors (Lipinski definition) is 7. The molecule has 2 aliphatic rings. The van der Waals surface area contributed by atoms with Crippen molar-refractivity contribution in [3.8, 4) is 11.5 Å². The molecule has 0 saturated heterocycles. The quantitative estimate of drug-likeness (QED) is 0.0818. The Morgan fingerprint density at radius 2 is 1.70 bits per heavy atom. The van der Waals surface area contributed by atoms with Crippen LogP contribution in [0.1, 0.15) is 149 Å². The third-order valence-electron chi connectivity index (χ3n) is 11.3. The van der Waals surface area contributed by atoms with Gasteiger partial charge in [-0.05, 0) is 125 Å². The van der Waals surface area contributed by atoms with Gasteiger partial charge in [-0.15, -0.1) is 6.58 Å². The van der Waals surface area contributed by atoms with Gasteiger partial charge in [-0.2, -0.15) is 0 Å². The van der Waals surface area contributed by atoms with Gasteiger partial charge in [-0.25, -0.2) is 4.98 Å². The van der Waals surface area contributed by atoms with Gasteiger partial charge in [0.25, 0.3) is 5.91 Å². The number of likely N-dealkylation sites (N-methyl/N-ethyl adjacent to an activating group) is 1. The van der Waals surface area contributed by atoms with Gasteiger partial charge in [0.15, 0.2) is 0 Å². The summed E-state index contributed by atoms with van der Waals surface area (Å²) >= 11 is 0. The SMILES string of the molecule is C=CCN(C(=O)/C(NC(=C1CCC1)c1coc(-c2ccccc2)n1)=C(\C)CC)/C(=C\C)N(CCC)CCC1CCC1.CCCC.CCCc1ccncc1/C=C(\C)CNC. The van der Waals surface area contributed by atoms with Crippen LogP contribution in [-0.2, 0) is 11.2 Å². The Morgan fingerprint density at radius 3 is 2.25 bits per heavy atom. The fourth-order valence-electron chi connectivity index (χ4n) is 7.13. The molecule has 2 aromatic heterocycles. The molecule has 0 spiro atoms. The summed E-state index contributed by atoms with van der Waals surface area (Å²) in [6, 6.07) is 12.0. The van der Waals surface area contributed by atoms with Crippen molar-refractivity contribution in [2.75, 3.05) is 33.2 Å². The fourth-order valence-corrected chi connectivity index (χ4v) is 7.13. The minimum absolute atomic E-state index is 0.0358. The van der Waals surface area contributed by atoms with Gasteiger partial charge < -0.3 is 20.0 Å². The van der Waals surface area contributed by atoms with E-state index < -0.39 is 0 Å². The zero-order valence-electron chi connectivity index (χ0n) is 38.8. The lowest BCUT2D eigenvalue weighted by atomic mass is 9.83. The topological polar surface area (TPSA) is 86.5 Å². The molecule has 328 valence electrons. The summed E-state index contributed by atoms with van der Waals surface area (Å²) in [5, 5.41) is 6.76. The molecule has 2 N–H and O–H groups in total. The molecule has 0 atom stereocenters. The van der Waals surface area contributed by atoms with E-state index in [2.05, 4.69) is 86.9 Å². The van der Waals surface area contributed by atoms with Crippen LogP contribution in [0.3, 0.4) is 0 Å². The molecule has 60 heavy (non-hydrogen) atoms. The smallest absolute Gasteiger partial charge is 0.276 e. The summed E-state index contributed by atoms with van der Waals surface area (Å²) in [6.45, 7) is 24.4. The van der Waals surface area contributed by atoms with Gasteiger partial charge >= 0.3 is 0 Å². The first-order chi connectivity index (χ1) is 29.2. The van der Waals surface area contributed by atoms with Gasteiger partial charge in [-0.1, -0.05) is 109 Å². The van der Waals surface area contributed by atoms with Crippen molar-refractivity contribution in [1.29, 1.82) is 0 Å². The summed E-state index contributed by atoms with van der Waals surface area (Å²) in [5.41, 5.74) is 9.46. The standard InChI is InChI=1S/C35H48N4O2.C13H20N2.C4H10/c1-6-22-38(24-21-27-15-13-16-27)31(9-4)39(23-7-2)35(40)32(26(5)8-3)37-33(28-19-14-20-28)30-25-41-34(36-30)29-17-11-10-12-18-29;1-4-5-12-6-7-15-10-13(12)8-11(2)9-14-3;1-3-4-2/h7,9-12,17-18,25,27,37H,2,6,8,13-16,19-24H2,1,3-5H3;6-8,10,14H,4-5,9H2,1-3H3;3-4H2,1-2H3/b31-9-,32-26-;11-8+;. The Hall–Kier alpha value is -4.69. The highest BCUT2D eigenvalue weighted by atomic mass is 16.3. The number of hydrogen-bond donors (Lipinski definition) is 2. The predicted octanol–water partition coefficient (Wildman–Crippen LogP) is 12.8. The largest absolute Gasteiger partial charge is 0.444 e. The van der Waals surface area contributed by atoms with Crippen molar-refractivity contribution in [3.63, 3.8) is 0 Å². The predicted molar refractivity (Wildman–Crippen MR) is 255 cm³/mol. The highest BCUT2D eigenvalue weighted by molar-refractivity contribution is 5.96. The Bertz CT molecular complexity index is 1840. The number of nitrogens with zero attached hydrogens (tertiary/aromatic N) is 4. The van der Waals surface area contributed by atoms with Crippen LogP contribution in [0, 0.1) is 5.92 Å². The van der Waals surface area contributed by atoms with Crippen LogP contribution in [0.5, 0.6) is 0 Å². The molecular formula is C52H78N6O2. The Labute approximate surface area is 364 Å². The molecule has 0 bridgehead atoms. The van der Waals surface area contributed by atoms with E-state index >= 15 is 0 Å². The van der Waals surface area contributed by atoms with Crippen molar-refractivity contribution >= 4 is 17.7 Å². The minimum atomic E-state index is -0.0358. The third-order valence-corrected chi connectivity index (χ3v) is 11.3. The third kappa shape index (κ3) is 15.4. The second-order valence-corrected chi connectivity index (χ2v) is 16.1. The van der Waals surface area contributed by atoms with Gasteiger partial charge in [-0.3, -0.25) is 14.7 Å². The normalized spacial score (nSPS) is 14.3. The number of rotatable bonds is 21. The highest BCUT2D eigenvalue weighted by Crippen LogP contribution is 2.35. The lowest BCUT2D eigenvalue weighted by Crippen LogP contribution is -2.43. The Kier molecular flexibility index (Phi) is 23.1. The average Bonchev–Trinajstić information content (AvgIpc) is 3.72. The molecule has 0 aliphatic heterocycles. The van der Waals surface area contributed by atoms with Crippen LogP contribution in [0.2, 0.25) is 0 Å². The Morgan fingerprint density at radius 1 is 0.967 bits per heavy atom. The molecule has 5 rings (SSSR count). The molecule has 2 heterocycles. The van der Waals surface area contributed by atoms with Gasteiger partial charge in [0, 0.05) is 44.1 Å². The first kappa shape index (κ1) is 49.7. The molecule has 1 amide bonds. The van der Waals surface area contributed by atoms with E-state index in [-0.39, 0.29) is 5.91 Å². The van der Waals surface area contributed by atoms with Crippen LogP contribution in [-0.4, -0.2) is 58.9 Å². The van der Waals surface area contributed by atoms with E-state index in [0.29, 0.717) is 18.1 Å². The van der Waals surface area contributed by atoms with E-state index in [9.17, 15) is 4.79 Å². The monoisotopic (exact) mass is 819 g/mol. The average molecular weight is 819 g/mol. The van der Waals surface area contributed by atoms with Crippen LogP contribution >= 0.6 is 0 Å². The van der Waals surface area contributed by atoms with Gasteiger partial charge in [0.1, 0.15) is 23.5 Å². The van der Waals surface area contributed by atoms with Crippen LogP contribution in [0.4, 0.5) is 0 Å². The maximum Gasteiger partial charge on any atom is 0.276 e. The van der Waals surface area contributed by atoms with Crippen molar-refractivity contribution < 1.29 is 9.21 Å². The fraction of sp³-hybridized carbons (Fsp3) is 0.519. The number of carbonyl (C=O) groups excluding carboxylic acids is 1. The summed E-state index contributed by atoms with van der Waals surface area (Å²) in [4.78, 5) is 27.8. The molecule has 0 radical (unpaired) electrons. The number of unbranched alkanes of at least 4 members (excludes halogenated alkanes) is 1. The van der Waals surface area contributed by atoms with Crippen LogP contribution < -0.4 is 10.6 Å². The number of amides is 1. The second-order valence-electron chi connectivity index (χ2n) is 16.1. The first-order valence-electron chi connectivity index (χ1n) is 23.0. The van der Waals surface area contributed by atoms with E-state index in [1.165, 1.54) is 67.2 Å². The number of pyridine rings is 1.